The Labute approximate surface area is 77.0 Å². The summed E-state index contributed by atoms with van der Waals surface area (Å²) in [5.41, 5.74) is 0. The fourth-order valence-electron chi connectivity index (χ4n) is 0.315. The van der Waals surface area contributed by atoms with Gasteiger partial charge < -0.3 is 9.05 Å². The fourth-order valence-corrected chi connectivity index (χ4v) is 0.944. The van der Waals surface area contributed by atoms with E-state index in [1.165, 1.54) is 7.11 Å². The second-order valence-electron chi connectivity index (χ2n) is 1.64. The Bertz CT molecular complexity index is 203. The number of rotatable bonds is 5. The summed E-state index contributed by atoms with van der Waals surface area (Å²) < 4.78 is 13.6. The number of hydrogen-bond acceptors (Lipinski definition) is 5. The van der Waals surface area contributed by atoms with E-state index in [9.17, 15) is 9.59 Å². The van der Waals surface area contributed by atoms with Crippen LogP contribution in [-0.4, -0.2) is 19.0 Å². The first kappa shape index (κ1) is 11.8. The average molecular weight is 204 g/mol. The fraction of sp³-hybridized carbons (Fsp3) is 0.143. The zero-order valence-corrected chi connectivity index (χ0v) is 7.95. The van der Waals surface area contributed by atoms with Crippen LogP contribution >= 0.6 is 8.60 Å². The average Bonchev–Trinajstić information content (AvgIpc) is 2.16. The van der Waals surface area contributed by atoms with Gasteiger partial charge in [-0.05, 0) is 0 Å². The molecule has 0 fully saturated rings. The molecule has 0 aliphatic rings. The summed E-state index contributed by atoms with van der Waals surface area (Å²) >= 11 is 0. The van der Waals surface area contributed by atoms with Crippen LogP contribution in [0.4, 0.5) is 0 Å². The maximum absolute atomic E-state index is 10.6. The normalized spacial score (nSPS) is 9.08. The molecule has 0 aromatic rings. The molecule has 0 N–H and O–H groups in total. The van der Waals surface area contributed by atoms with Crippen LogP contribution in [0.25, 0.3) is 0 Å². The molecule has 0 rings (SSSR count). The minimum Gasteiger partial charge on any atom is -0.381 e. The van der Waals surface area contributed by atoms with Gasteiger partial charge in [0, 0.05) is 19.3 Å². The SMILES string of the molecule is C=CC(=O)OP(OC)OC(=O)C=C. The van der Waals surface area contributed by atoms with Gasteiger partial charge in [-0.1, -0.05) is 13.2 Å². The molecule has 0 atom stereocenters. The predicted molar refractivity (Wildman–Crippen MR) is 46.5 cm³/mol. The highest BCUT2D eigenvalue weighted by atomic mass is 31.2. The third-order valence-electron chi connectivity index (χ3n) is 0.811. The molecular formula is C7H9O5P. The van der Waals surface area contributed by atoms with E-state index in [1.54, 1.807) is 0 Å². The second kappa shape index (κ2) is 6.34. The van der Waals surface area contributed by atoms with Crippen LogP contribution in [0, 0.1) is 0 Å². The highest BCUT2D eigenvalue weighted by Gasteiger charge is 2.18. The van der Waals surface area contributed by atoms with Gasteiger partial charge in [-0.2, -0.15) is 0 Å². The van der Waals surface area contributed by atoms with Crippen molar-refractivity contribution in [3.63, 3.8) is 0 Å². The largest absolute Gasteiger partial charge is 0.467 e. The van der Waals surface area contributed by atoms with E-state index in [2.05, 4.69) is 26.7 Å². The molecule has 0 unspecified atom stereocenters. The van der Waals surface area contributed by atoms with Gasteiger partial charge in [-0.25, -0.2) is 9.59 Å². The molecule has 0 saturated heterocycles. The monoisotopic (exact) mass is 204 g/mol. The molecule has 0 radical (unpaired) electrons. The molecule has 13 heavy (non-hydrogen) atoms. The molecule has 72 valence electrons. The van der Waals surface area contributed by atoms with Gasteiger partial charge in [-0.3, -0.25) is 4.52 Å². The van der Waals surface area contributed by atoms with Crippen molar-refractivity contribution in [1.29, 1.82) is 0 Å². The van der Waals surface area contributed by atoms with Gasteiger partial charge >= 0.3 is 20.5 Å². The van der Waals surface area contributed by atoms with Crippen LogP contribution < -0.4 is 0 Å². The van der Waals surface area contributed by atoms with Crippen LogP contribution in [-0.2, 0) is 23.2 Å². The Morgan fingerprint density at radius 1 is 1.15 bits per heavy atom. The summed E-state index contributed by atoms with van der Waals surface area (Å²) in [6.07, 6.45) is 1.88. The molecule has 6 heteroatoms. The standard InChI is InChI=1S/C7H9O5P/c1-4-6(8)11-13(10-3)12-7(9)5-2/h4-5H,1-2H2,3H3. The van der Waals surface area contributed by atoms with E-state index < -0.39 is 20.5 Å². The highest BCUT2D eigenvalue weighted by molar-refractivity contribution is 7.43. The van der Waals surface area contributed by atoms with E-state index in [0.717, 1.165) is 12.2 Å². The lowest BCUT2D eigenvalue weighted by atomic mass is 10.7. The van der Waals surface area contributed by atoms with E-state index in [0.29, 0.717) is 0 Å². The first-order chi connectivity index (χ1) is 6.13. The first-order valence-corrected chi connectivity index (χ1v) is 4.26. The van der Waals surface area contributed by atoms with Crippen molar-refractivity contribution >= 4 is 20.5 Å². The molecule has 0 bridgehead atoms. The third-order valence-corrected chi connectivity index (χ3v) is 1.77. The maximum Gasteiger partial charge on any atom is 0.467 e. The number of carbonyl (C=O) groups is 2. The van der Waals surface area contributed by atoms with Crippen LogP contribution in [0.15, 0.2) is 25.3 Å². The second-order valence-corrected chi connectivity index (χ2v) is 2.81. The van der Waals surface area contributed by atoms with Gasteiger partial charge in [0.15, 0.2) is 0 Å². The Morgan fingerprint density at radius 3 is 1.77 bits per heavy atom. The number of hydrogen-bond donors (Lipinski definition) is 0. The maximum atomic E-state index is 10.6. The van der Waals surface area contributed by atoms with Crippen molar-refractivity contribution in [3.8, 4) is 0 Å². The molecular weight excluding hydrogens is 195 g/mol. The lowest BCUT2D eigenvalue weighted by Crippen LogP contribution is -2.02. The van der Waals surface area contributed by atoms with E-state index >= 15 is 0 Å². The molecule has 0 heterocycles. The molecule has 0 saturated carbocycles. The van der Waals surface area contributed by atoms with Gasteiger partial charge in [0.2, 0.25) is 0 Å². The summed E-state index contributed by atoms with van der Waals surface area (Å²) in [7, 11) is -0.742. The third kappa shape index (κ3) is 5.11. The van der Waals surface area contributed by atoms with Crippen molar-refractivity contribution in [1.82, 2.24) is 0 Å². The van der Waals surface area contributed by atoms with Crippen molar-refractivity contribution in [2.75, 3.05) is 7.11 Å². The summed E-state index contributed by atoms with van der Waals surface area (Å²) in [5, 5.41) is 0. The summed E-state index contributed by atoms with van der Waals surface area (Å²) in [6.45, 7) is 6.33. The zero-order valence-electron chi connectivity index (χ0n) is 7.06. The Balaban J connectivity index is 4.02. The predicted octanol–water partition coefficient (Wildman–Crippen LogP) is 1.32. The van der Waals surface area contributed by atoms with Gasteiger partial charge in [0.1, 0.15) is 0 Å². The summed E-state index contributed by atoms with van der Waals surface area (Å²) in [6, 6.07) is 0. The van der Waals surface area contributed by atoms with E-state index in [1.807, 2.05) is 0 Å². The van der Waals surface area contributed by atoms with Crippen LogP contribution in [0.3, 0.4) is 0 Å². The molecule has 0 spiro atoms. The van der Waals surface area contributed by atoms with Crippen LogP contribution in [0.5, 0.6) is 0 Å². The smallest absolute Gasteiger partial charge is 0.381 e. The lowest BCUT2D eigenvalue weighted by Gasteiger charge is -2.10. The summed E-state index contributed by atoms with van der Waals surface area (Å²) in [5.74, 6) is -1.44. The van der Waals surface area contributed by atoms with Crippen LogP contribution in [0.1, 0.15) is 0 Å². The van der Waals surface area contributed by atoms with Crippen molar-refractivity contribution in [2.24, 2.45) is 0 Å². The van der Waals surface area contributed by atoms with Gasteiger partial charge in [-0.15, -0.1) is 0 Å². The zero-order chi connectivity index (χ0) is 10.3. The van der Waals surface area contributed by atoms with Crippen molar-refractivity contribution in [3.05, 3.63) is 25.3 Å². The molecule has 0 aliphatic heterocycles. The van der Waals surface area contributed by atoms with Gasteiger partial charge in [0.05, 0.1) is 0 Å². The molecule has 0 aromatic heterocycles. The van der Waals surface area contributed by atoms with Gasteiger partial charge in [0.25, 0.3) is 0 Å². The van der Waals surface area contributed by atoms with Crippen LogP contribution in [0.2, 0.25) is 0 Å². The Hall–Kier alpha value is -1.19. The first-order valence-electron chi connectivity index (χ1n) is 3.17. The highest BCUT2D eigenvalue weighted by Crippen LogP contribution is 2.38. The molecule has 0 aromatic carbocycles. The van der Waals surface area contributed by atoms with Crippen molar-refractivity contribution < 1.29 is 23.2 Å². The Morgan fingerprint density at radius 2 is 1.54 bits per heavy atom. The lowest BCUT2D eigenvalue weighted by molar-refractivity contribution is -0.133. The summed E-state index contributed by atoms with van der Waals surface area (Å²) in [4.78, 5) is 21.3. The topological polar surface area (TPSA) is 61.8 Å². The number of carbonyl (C=O) groups excluding carboxylic acids is 2. The van der Waals surface area contributed by atoms with Crippen molar-refractivity contribution in [2.45, 2.75) is 0 Å². The minimum absolute atomic E-state index is 0.718. The molecule has 0 amide bonds. The molecule has 0 aliphatic carbocycles. The van der Waals surface area contributed by atoms with E-state index in [-0.39, 0.29) is 0 Å². The Kier molecular flexibility index (Phi) is 5.76. The quantitative estimate of drug-likeness (QED) is 0.499. The minimum atomic E-state index is -1.99. The van der Waals surface area contributed by atoms with E-state index in [4.69, 9.17) is 0 Å². The molecule has 5 nitrogen and oxygen atoms in total.